The molecular weight excluding hydrogens is 417 g/mol. The van der Waals surface area contributed by atoms with Gasteiger partial charge in [-0.3, -0.25) is 4.98 Å². The summed E-state index contributed by atoms with van der Waals surface area (Å²) in [6.07, 6.45) is 1.10. The molecule has 1 aromatic heterocycles. The number of amides is 2. The molecule has 32 heavy (non-hydrogen) atoms. The number of aryl methyl sites for hydroxylation is 1. The van der Waals surface area contributed by atoms with E-state index in [0.717, 1.165) is 44.5 Å². The van der Waals surface area contributed by atoms with Crippen LogP contribution in [0.4, 0.5) is 18.0 Å². The van der Waals surface area contributed by atoms with Crippen molar-refractivity contribution >= 4 is 6.03 Å². The Kier molecular flexibility index (Phi) is 6.98. The topological polar surface area (TPSA) is 48.5 Å². The minimum Gasteiger partial charge on any atom is -0.323 e. The molecule has 0 spiro atoms. The van der Waals surface area contributed by atoms with E-state index in [4.69, 9.17) is 0 Å². The summed E-state index contributed by atoms with van der Waals surface area (Å²) < 4.78 is 39.0. The van der Waals surface area contributed by atoms with Gasteiger partial charge < -0.3 is 15.1 Å². The SMILES string of the molecule is O=C(N1CCc2ncc(C(F)(F)F)cc2C1)N1CCC(NCCCCc2ccccc2)C1. The van der Waals surface area contributed by atoms with Crippen molar-refractivity contribution in [1.29, 1.82) is 0 Å². The molecular formula is C24H29F3N4O. The van der Waals surface area contributed by atoms with Crippen LogP contribution in [0.2, 0.25) is 0 Å². The van der Waals surface area contributed by atoms with Crippen LogP contribution in [-0.4, -0.2) is 53.0 Å². The van der Waals surface area contributed by atoms with Gasteiger partial charge in [-0.05, 0) is 49.4 Å². The van der Waals surface area contributed by atoms with Crippen LogP contribution in [-0.2, 0) is 25.6 Å². The first-order valence-electron chi connectivity index (χ1n) is 11.3. The third-order valence-corrected chi connectivity index (χ3v) is 6.26. The van der Waals surface area contributed by atoms with Crippen molar-refractivity contribution in [1.82, 2.24) is 20.1 Å². The third kappa shape index (κ3) is 5.59. The highest BCUT2D eigenvalue weighted by Crippen LogP contribution is 2.31. The Labute approximate surface area is 186 Å². The maximum absolute atomic E-state index is 13.0. The van der Waals surface area contributed by atoms with Gasteiger partial charge in [-0.1, -0.05) is 30.3 Å². The van der Waals surface area contributed by atoms with Crippen LogP contribution in [0.15, 0.2) is 42.6 Å². The zero-order valence-electron chi connectivity index (χ0n) is 18.1. The van der Waals surface area contributed by atoms with Crippen LogP contribution >= 0.6 is 0 Å². The van der Waals surface area contributed by atoms with Gasteiger partial charge in [-0.15, -0.1) is 0 Å². The molecule has 2 amide bonds. The van der Waals surface area contributed by atoms with E-state index in [1.807, 2.05) is 11.0 Å². The summed E-state index contributed by atoms with van der Waals surface area (Å²) in [5.74, 6) is 0. The van der Waals surface area contributed by atoms with E-state index < -0.39 is 11.7 Å². The fourth-order valence-corrected chi connectivity index (χ4v) is 4.45. The normalized spacial score (nSPS) is 18.7. The molecule has 1 saturated heterocycles. The lowest BCUT2D eigenvalue weighted by Gasteiger charge is -2.32. The quantitative estimate of drug-likeness (QED) is 0.675. The van der Waals surface area contributed by atoms with E-state index in [0.29, 0.717) is 37.3 Å². The van der Waals surface area contributed by atoms with E-state index in [-0.39, 0.29) is 18.6 Å². The number of hydrogen-bond acceptors (Lipinski definition) is 3. The highest BCUT2D eigenvalue weighted by molar-refractivity contribution is 5.75. The lowest BCUT2D eigenvalue weighted by molar-refractivity contribution is -0.137. The van der Waals surface area contributed by atoms with Gasteiger partial charge in [0.15, 0.2) is 0 Å². The van der Waals surface area contributed by atoms with Crippen molar-refractivity contribution < 1.29 is 18.0 Å². The molecule has 1 unspecified atom stereocenters. The highest BCUT2D eigenvalue weighted by atomic mass is 19.4. The van der Waals surface area contributed by atoms with Gasteiger partial charge in [0, 0.05) is 50.5 Å². The third-order valence-electron chi connectivity index (χ3n) is 6.26. The summed E-state index contributed by atoms with van der Waals surface area (Å²) in [5, 5.41) is 3.55. The number of fused-ring (bicyclic) bond motifs is 1. The molecule has 0 bridgehead atoms. The summed E-state index contributed by atoms with van der Waals surface area (Å²) in [5.41, 5.74) is 1.74. The molecule has 172 valence electrons. The Balaban J connectivity index is 1.22. The predicted octanol–water partition coefficient (Wildman–Crippen LogP) is 4.27. The van der Waals surface area contributed by atoms with Gasteiger partial charge in [-0.2, -0.15) is 13.2 Å². The number of alkyl halides is 3. The van der Waals surface area contributed by atoms with Crippen molar-refractivity contribution in [2.75, 3.05) is 26.2 Å². The second kappa shape index (κ2) is 9.90. The molecule has 2 aliphatic heterocycles. The molecule has 1 fully saturated rings. The standard InChI is InChI=1S/C24H29F3N4O/c25-24(26,27)20-14-19-16-30(13-10-22(19)29-15-20)23(32)31-12-9-21(17-31)28-11-5-4-8-18-6-2-1-3-7-18/h1-3,6-7,14-15,21,28H,4-5,8-13,16-17H2. The molecule has 2 aliphatic rings. The Morgan fingerprint density at radius 3 is 2.72 bits per heavy atom. The minimum absolute atomic E-state index is 0.0959. The van der Waals surface area contributed by atoms with Crippen molar-refractivity contribution in [3.63, 3.8) is 0 Å². The van der Waals surface area contributed by atoms with Gasteiger partial charge in [0.25, 0.3) is 0 Å². The monoisotopic (exact) mass is 446 g/mol. The predicted molar refractivity (Wildman–Crippen MR) is 116 cm³/mol. The number of nitrogens with zero attached hydrogens (tertiary/aromatic N) is 3. The molecule has 8 heteroatoms. The number of likely N-dealkylation sites (tertiary alicyclic amines) is 1. The van der Waals surface area contributed by atoms with E-state index in [1.54, 1.807) is 4.90 Å². The zero-order valence-corrected chi connectivity index (χ0v) is 18.1. The first kappa shape index (κ1) is 22.6. The number of halogens is 3. The molecule has 2 aromatic rings. The fourth-order valence-electron chi connectivity index (χ4n) is 4.45. The minimum atomic E-state index is -4.43. The van der Waals surface area contributed by atoms with Crippen LogP contribution in [0.5, 0.6) is 0 Å². The molecule has 3 heterocycles. The molecule has 1 atom stereocenters. The Bertz CT molecular complexity index is 919. The Morgan fingerprint density at radius 1 is 1.12 bits per heavy atom. The van der Waals surface area contributed by atoms with Crippen LogP contribution in [0, 0.1) is 0 Å². The molecule has 0 saturated carbocycles. The number of pyridine rings is 1. The van der Waals surface area contributed by atoms with E-state index in [1.165, 1.54) is 5.56 Å². The largest absolute Gasteiger partial charge is 0.417 e. The number of unbranched alkanes of at least 4 members (excludes halogenated alkanes) is 1. The van der Waals surface area contributed by atoms with Crippen LogP contribution < -0.4 is 5.32 Å². The van der Waals surface area contributed by atoms with Crippen molar-refractivity contribution in [2.45, 2.75) is 50.9 Å². The average Bonchev–Trinajstić information content (AvgIpc) is 3.26. The van der Waals surface area contributed by atoms with Crippen LogP contribution in [0.1, 0.15) is 41.6 Å². The maximum atomic E-state index is 13.0. The first-order valence-corrected chi connectivity index (χ1v) is 11.3. The number of benzene rings is 1. The molecule has 4 rings (SSSR count). The second-order valence-corrected chi connectivity index (χ2v) is 8.61. The first-order chi connectivity index (χ1) is 15.4. The van der Waals surface area contributed by atoms with E-state index >= 15 is 0 Å². The molecule has 5 nitrogen and oxygen atoms in total. The molecule has 1 N–H and O–H groups in total. The molecule has 0 aliphatic carbocycles. The number of hydrogen-bond donors (Lipinski definition) is 1. The number of nitrogens with one attached hydrogen (secondary N) is 1. The number of carbonyl (C=O) groups excluding carboxylic acids is 1. The highest BCUT2D eigenvalue weighted by Gasteiger charge is 2.34. The maximum Gasteiger partial charge on any atom is 0.417 e. The number of rotatable bonds is 6. The lowest BCUT2D eigenvalue weighted by Crippen LogP contribution is -2.45. The van der Waals surface area contributed by atoms with Gasteiger partial charge in [-0.25, -0.2) is 4.79 Å². The van der Waals surface area contributed by atoms with Crippen LogP contribution in [0.25, 0.3) is 0 Å². The summed E-state index contributed by atoms with van der Waals surface area (Å²) in [4.78, 5) is 20.4. The molecule has 1 aromatic carbocycles. The smallest absolute Gasteiger partial charge is 0.323 e. The number of urea groups is 1. The average molecular weight is 447 g/mol. The van der Waals surface area contributed by atoms with Crippen molar-refractivity contribution in [2.24, 2.45) is 0 Å². The number of carbonyl (C=O) groups is 1. The van der Waals surface area contributed by atoms with E-state index in [2.05, 4.69) is 34.6 Å². The summed E-state index contributed by atoms with van der Waals surface area (Å²) in [6, 6.07) is 11.7. The van der Waals surface area contributed by atoms with Gasteiger partial charge in [0.2, 0.25) is 0 Å². The molecule has 0 radical (unpaired) electrons. The van der Waals surface area contributed by atoms with Crippen LogP contribution in [0.3, 0.4) is 0 Å². The Morgan fingerprint density at radius 2 is 1.94 bits per heavy atom. The summed E-state index contributed by atoms with van der Waals surface area (Å²) in [7, 11) is 0. The Hall–Kier alpha value is -2.61. The second-order valence-electron chi connectivity index (χ2n) is 8.61. The summed E-state index contributed by atoms with van der Waals surface area (Å²) in [6.45, 7) is 2.90. The van der Waals surface area contributed by atoms with Crippen molar-refractivity contribution in [3.8, 4) is 0 Å². The van der Waals surface area contributed by atoms with E-state index in [9.17, 15) is 18.0 Å². The summed E-state index contributed by atoms with van der Waals surface area (Å²) >= 11 is 0. The zero-order chi connectivity index (χ0) is 22.6. The van der Waals surface area contributed by atoms with Gasteiger partial charge in [0.1, 0.15) is 0 Å². The van der Waals surface area contributed by atoms with Gasteiger partial charge in [0.05, 0.1) is 5.56 Å². The van der Waals surface area contributed by atoms with Gasteiger partial charge >= 0.3 is 12.2 Å². The number of aromatic nitrogens is 1. The fraction of sp³-hybridized carbons (Fsp3) is 0.500. The lowest BCUT2D eigenvalue weighted by atomic mass is 10.0. The van der Waals surface area contributed by atoms with Crippen molar-refractivity contribution in [3.05, 3.63) is 65.0 Å².